The Hall–Kier alpha value is -2.16. The van der Waals surface area contributed by atoms with E-state index in [1.54, 1.807) is 6.20 Å². The largest absolute Gasteiger partial charge is 0.338 e. The fourth-order valence-corrected chi connectivity index (χ4v) is 2.36. The van der Waals surface area contributed by atoms with Gasteiger partial charge in [-0.15, -0.1) is 0 Å². The van der Waals surface area contributed by atoms with Gasteiger partial charge in [-0.3, -0.25) is 9.78 Å². The van der Waals surface area contributed by atoms with Crippen LogP contribution >= 0.6 is 0 Å². The molecule has 3 heteroatoms. The fourth-order valence-electron chi connectivity index (χ4n) is 2.36. The Kier molecular flexibility index (Phi) is 5.50. The summed E-state index contributed by atoms with van der Waals surface area (Å²) in [6, 6.07) is 13.7. The van der Waals surface area contributed by atoms with Crippen LogP contribution in [0.4, 0.5) is 0 Å². The van der Waals surface area contributed by atoms with Crippen LogP contribution in [0.2, 0.25) is 0 Å². The monoisotopic (exact) mass is 282 g/mol. The Morgan fingerprint density at radius 2 is 1.86 bits per heavy atom. The second-order valence-corrected chi connectivity index (χ2v) is 5.18. The van der Waals surface area contributed by atoms with Crippen molar-refractivity contribution < 1.29 is 4.79 Å². The molecular weight excluding hydrogens is 260 g/mol. The topological polar surface area (TPSA) is 33.2 Å². The van der Waals surface area contributed by atoms with Crippen molar-refractivity contribution in [3.05, 3.63) is 65.5 Å². The van der Waals surface area contributed by atoms with E-state index in [0.29, 0.717) is 6.54 Å². The van der Waals surface area contributed by atoms with Crippen LogP contribution in [0.3, 0.4) is 0 Å². The molecule has 0 N–H and O–H groups in total. The van der Waals surface area contributed by atoms with Crippen LogP contribution in [-0.4, -0.2) is 28.9 Å². The highest BCUT2D eigenvalue weighted by molar-refractivity contribution is 5.95. The van der Waals surface area contributed by atoms with E-state index < -0.39 is 0 Å². The van der Waals surface area contributed by atoms with Gasteiger partial charge in [0, 0.05) is 37.0 Å². The summed E-state index contributed by atoms with van der Waals surface area (Å²) in [6.45, 7) is 5.56. The zero-order valence-electron chi connectivity index (χ0n) is 12.7. The van der Waals surface area contributed by atoms with Gasteiger partial charge in [-0.05, 0) is 37.1 Å². The third-order valence-electron chi connectivity index (χ3n) is 3.52. The lowest BCUT2D eigenvalue weighted by Crippen LogP contribution is -2.34. The molecule has 2 rings (SSSR count). The molecule has 21 heavy (non-hydrogen) atoms. The van der Waals surface area contributed by atoms with Crippen molar-refractivity contribution in [1.29, 1.82) is 0 Å². The number of nitrogens with zero attached hydrogens (tertiary/aromatic N) is 2. The third-order valence-corrected chi connectivity index (χ3v) is 3.52. The second kappa shape index (κ2) is 7.58. The first kappa shape index (κ1) is 15.2. The summed E-state index contributed by atoms with van der Waals surface area (Å²) in [6.07, 6.45) is 3.54. The van der Waals surface area contributed by atoms with E-state index >= 15 is 0 Å². The molecule has 0 saturated carbocycles. The molecule has 1 heterocycles. The molecule has 3 nitrogen and oxygen atoms in total. The minimum atomic E-state index is 0.117. The number of aryl methyl sites for hydroxylation is 1. The number of hydrogen-bond donors (Lipinski definition) is 0. The first-order valence-corrected chi connectivity index (χ1v) is 7.47. The van der Waals surface area contributed by atoms with Gasteiger partial charge in [0.1, 0.15) is 0 Å². The summed E-state index contributed by atoms with van der Waals surface area (Å²) in [7, 11) is 0. The summed E-state index contributed by atoms with van der Waals surface area (Å²) in [5, 5.41) is 0. The van der Waals surface area contributed by atoms with Crippen LogP contribution < -0.4 is 0 Å². The summed E-state index contributed by atoms with van der Waals surface area (Å²) < 4.78 is 0. The number of pyridine rings is 1. The van der Waals surface area contributed by atoms with Crippen molar-refractivity contribution in [3.8, 4) is 0 Å². The number of carbonyl (C=O) groups is 1. The van der Waals surface area contributed by atoms with Gasteiger partial charge in [-0.1, -0.05) is 31.2 Å². The molecule has 0 unspecified atom stereocenters. The van der Waals surface area contributed by atoms with Gasteiger partial charge in [0.05, 0.1) is 0 Å². The molecular formula is C18H22N2O. The van der Waals surface area contributed by atoms with Crippen molar-refractivity contribution in [2.24, 2.45) is 0 Å². The first-order chi connectivity index (χ1) is 10.2. The Bertz CT molecular complexity index is 581. The van der Waals surface area contributed by atoms with Crippen molar-refractivity contribution in [3.63, 3.8) is 0 Å². The maximum atomic E-state index is 12.7. The van der Waals surface area contributed by atoms with Crippen LogP contribution in [-0.2, 0) is 6.42 Å². The Labute approximate surface area is 126 Å². The fraction of sp³-hybridized carbons (Fsp3) is 0.333. The van der Waals surface area contributed by atoms with Crippen LogP contribution in [0.25, 0.3) is 0 Å². The predicted octanol–water partition coefficient (Wildman–Crippen LogP) is 3.48. The van der Waals surface area contributed by atoms with E-state index in [1.807, 2.05) is 54.3 Å². The highest BCUT2D eigenvalue weighted by Crippen LogP contribution is 2.11. The zero-order chi connectivity index (χ0) is 15.1. The van der Waals surface area contributed by atoms with E-state index in [2.05, 4.69) is 11.9 Å². The van der Waals surface area contributed by atoms with Gasteiger partial charge in [-0.2, -0.15) is 0 Å². The van der Waals surface area contributed by atoms with Crippen molar-refractivity contribution >= 4 is 5.91 Å². The van der Waals surface area contributed by atoms with E-state index in [9.17, 15) is 4.79 Å². The standard InChI is InChI=1S/C18H22N2O/c1-3-13-20(14-11-16-9-6-7-12-19-16)18(21)17-10-5-4-8-15(17)2/h4-10,12H,3,11,13-14H2,1-2H3. The van der Waals surface area contributed by atoms with Gasteiger partial charge in [0.2, 0.25) is 0 Å². The maximum Gasteiger partial charge on any atom is 0.254 e. The van der Waals surface area contributed by atoms with Crippen LogP contribution in [0.15, 0.2) is 48.7 Å². The molecule has 0 fully saturated rings. The van der Waals surface area contributed by atoms with E-state index in [-0.39, 0.29) is 5.91 Å². The summed E-state index contributed by atoms with van der Waals surface area (Å²) in [5.74, 6) is 0.117. The number of rotatable bonds is 6. The Morgan fingerprint density at radius 3 is 2.52 bits per heavy atom. The average molecular weight is 282 g/mol. The molecule has 0 bridgehead atoms. The summed E-state index contributed by atoms with van der Waals surface area (Å²) in [5.41, 5.74) is 2.85. The Balaban J connectivity index is 2.08. The molecule has 2 aromatic rings. The van der Waals surface area contributed by atoms with Crippen molar-refractivity contribution in [2.45, 2.75) is 26.7 Å². The molecule has 0 aliphatic rings. The lowest BCUT2D eigenvalue weighted by Gasteiger charge is -2.23. The average Bonchev–Trinajstić information content (AvgIpc) is 2.52. The lowest BCUT2D eigenvalue weighted by atomic mass is 10.1. The molecule has 1 aromatic carbocycles. The smallest absolute Gasteiger partial charge is 0.254 e. The normalized spacial score (nSPS) is 10.4. The number of aromatic nitrogens is 1. The van der Waals surface area contributed by atoms with Crippen molar-refractivity contribution in [2.75, 3.05) is 13.1 Å². The molecule has 110 valence electrons. The Morgan fingerprint density at radius 1 is 1.10 bits per heavy atom. The quantitative estimate of drug-likeness (QED) is 0.812. The zero-order valence-corrected chi connectivity index (χ0v) is 12.7. The van der Waals surface area contributed by atoms with Gasteiger partial charge < -0.3 is 4.90 Å². The lowest BCUT2D eigenvalue weighted by molar-refractivity contribution is 0.0756. The SMILES string of the molecule is CCCN(CCc1ccccn1)C(=O)c1ccccc1C. The minimum Gasteiger partial charge on any atom is -0.338 e. The summed E-state index contributed by atoms with van der Waals surface area (Å²) >= 11 is 0. The minimum absolute atomic E-state index is 0.117. The summed E-state index contributed by atoms with van der Waals surface area (Å²) in [4.78, 5) is 18.9. The van der Waals surface area contributed by atoms with E-state index in [0.717, 1.165) is 36.2 Å². The molecule has 0 spiro atoms. The molecule has 0 atom stereocenters. The highest BCUT2D eigenvalue weighted by atomic mass is 16.2. The molecule has 1 amide bonds. The van der Waals surface area contributed by atoms with Crippen LogP contribution in [0.1, 0.15) is 35.0 Å². The number of carbonyl (C=O) groups excluding carboxylic acids is 1. The molecule has 0 aliphatic carbocycles. The predicted molar refractivity (Wildman–Crippen MR) is 85.3 cm³/mol. The van der Waals surface area contributed by atoms with Gasteiger partial charge in [0.15, 0.2) is 0 Å². The molecule has 0 radical (unpaired) electrons. The van der Waals surface area contributed by atoms with E-state index in [4.69, 9.17) is 0 Å². The third kappa shape index (κ3) is 4.15. The van der Waals surface area contributed by atoms with Gasteiger partial charge in [0.25, 0.3) is 5.91 Å². The molecule has 0 saturated heterocycles. The number of benzene rings is 1. The van der Waals surface area contributed by atoms with Crippen LogP contribution in [0.5, 0.6) is 0 Å². The number of hydrogen-bond acceptors (Lipinski definition) is 2. The number of amides is 1. The highest BCUT2D eigenvalue weighted by Gasteiger charge is 2.16. The van der Waals surface area contributed by atoms with Gasteiger partial charge >= 0.3 is 0 Å². The van der Waals surface area contributed by atoms with Crippen LogP contribution in [0, 0.1) is 6.92 Å². The molecule has 0 aliphatic heterocycles. The van der Waals surface area contributed by atoms with Crippen molar-refractivity contribution in [1.82, 2.24) is 9.88 Å². The maximum absolute atomic E-state index is 12.7. The molecule has 1 aromatic heterocycles. The van der Waals surface area contributed by atoms with E-state index in [1.165, 1.54) is 0 Å². The van der Waals surface area contributed by atoms with Gasteiger partial charge in [-0.25, -0.2) is 0 Å². The first-order valence-electron chi connectivity index (χ1n) is 7.47. The second-order valence-electron chi connectivity index (χ2n) is 5.18.